The van der Waals surface area contributed by atoms with Crippen LogP contribution in [0.4, 0.5) is 0 Å². The summed E-state index contributed by atoms with van der Waals surface area (Å²) in [5.74, 6) is 1.50. The van der Waals surface area contributed by atoms with E-state index in [-0.39, 0.29) is 12.6 Å². The van der Waals surface area contributed by atoms with Crippen molar-refractivity contribution in [1.82, 2.24) is 0 Å². The molecule has 1 rings (SSSR count). The van der Waals surface area contributed by atoms with Gasteiger partial charge in [0.15, 0.2) is 6.61 Å². The molecule has 0 heterocycles. The van der Waals surface area contributed by atoms with Gasteiger partial charge in [0.2, 0.25) is 0 Å². The van der Waals surface area contributed by atoms with Gasteiger partial charge in [-0.15, -0.1) is 0 Å². The molecule has 1 aromatic rings. The quantitative estimate of drug-likeness (QED) is 0.278. The van der Waals surface area contributed by atoms with Gasteiger partial charge < -0.3 is 14.2 Å². The molecular formula is C24H40O4. The zero-order valence-corrected chi connectivity index (χ0v) is 18.8. The van der Waals surface area contributed by atoms with Gasteiger partial charge in [0, 0.05) is 6.07 Å². The number of ether oxygens (including phenoxy) is 3. The molecule has 0 aromatic heterocycles. The number of carbonyl (C=O) groups is 1. The smallest absolute Gasteiger partial charge is 0.344 e. The third kappa shape index (κ3) is 10.6. The van der Waals surface area contributed by atoms with E-state index in [2.05, 4.69) is 26.8 Å². The number of hydrogen-bond donors (Lipinski definition) is 0. The summed E-state index contributed by atoms with van der Waals surface area (Å²) in [5.41, 5.74) is 0.659. The summed E-state index contributed by atoms with van der Waals surface area (Å²) in [6, 6.07) is 5.95. The first kappa shape index (κ1) is 24.3. The summed E-state index contributed by atoms with van der Waals surface area (Å²) >= 11 is 0. The van der Waals surface area contributed by atoms with Crippen molar-refractivity contribution >= 4 is 5.97 Å². The Kier molecular flexibility index (Phi) is 11.0. The molecule has 0 saturated heterocycles. The van der Waals surface area contributed by atoms with Crippen LogP contribution >= 0.6 is 0 Å². The van der Waals surface area contributed by atoms with E-state index < -0.39 is 5.60 Å². The highest BCUT2D eigenvalue weighted by atomic mass is 16.6. The fourth-order valence-corrected chi connectivity index (χ4v) is 2.87. The molecule has 0 bridgehead atoms. The van der Waals surface area contributed by atoms with Crippen molar-refractivity contribution in [2.75, 3.05) is 13.2 Å². The van der Waals surface area contributed by atoms with Crippen LogP contribution in [0.15, 0.2) is 18.2 Å². The van der Waals surface area contributed by atoms with E-state index in [1.54, 1.807) is 0 Å². The SMILES string of the molecule is CCCCCCCCOc1cc(OCC(=O)OC(C)(C)C)cc(C(C)CC)c1. The molecule has 1 atom stereocenters. The number of benzene rings is 1. The molecule has 28 heavy (non-hydrogen) atoms. The molecule has 0 aliphatic carbocycles. The highest BCUT2D eigenvalue weighted by Crippen LogP contribution is 2.29. The monoisotopic (exact) mass is 392 g/mol. The summed E-state index contributed by atoms with van der Waals surface area (Å²) in [6.45, 7) is 12.7. The van der Waals surface area contributed by atoms with E-state index in [9.17, 15) is 4.79 Å². The summed E-state index contributed by atoms with van der Waals surface area (Å²) in [6.07, 6.45) is 8.46. The predicted molar refractivity (Wildman–Crippen MR) is 115 cm³/mol. The van der Waals surface area contributed by atoms with Gasteiger partial charge in [-0.2, -0.15) is 0 Å². The third-order valence-electron chi connectivity index (χ3n) is 4.63. The predicted octanol–water partition coefficient (Wildman–Crippen LogP) is 6.66. The van der Waals surface area contributed by atoms with Gasteiger partial charge in [-0.3, -0.25) is 0 Å². The molecule has 1 unspecified atom stereocenters. The Balaban J connectivity index is 2.63. The van der Waals surface area contributed by atoms with Crippen LogP contribution in [-0.2, 0) is 9.53 Å². The van der Waals surface area contributed by atoms with Gasteiger partial charge in [-0.25, -0.2) is 4.79 Å². The summed E-state index contributed by atoms with van der Waals surface area (Å²) in [7, 11) is 0. The maximum atomic E-state index is 11.9. The van der Waals surface area contributed by atoms with Crippen molar-refractivity contribution in [3.05, 3.63) is 23.8 Å². The second kappa shape index (κ2) is 12.7. The summed E-state index contributed by atoms with van der Waals surface area (Å²) < 4.78 is 17.0. The molecule has 0 amide bonds. The van der Waals surface area contributed by atoms with Gasteiger partial charge in [-0.05, 0) is 57.2 Å². The Labute approximate surface area is 172 Å². The van der Waals surface area contributed by atoms with Crippen molar-refractivity contribution in [1.29, 1.82) is 0 Å². The number of hydrogen-bond acceptors (Lipinski definition) is 4. The van der Waals surface area contributed by atoms with Gasteiger partial charge in [-0.1, -0.05) is 52.9 Å². The molecule has 0 radical (unpaired) electrons. The molecule has 4 heteroatoms. The van der Waals surface area contributed by atoms with Gasteiger partial charge >= 0.3 is 5.97 Å². The van der Waals surface area contributed by atoms with Crippen molar-refractivity contribution in [2.45, 2.75) is 98.0 Å². The van der Waals surface area contributed by atoms with Gasteiger partial charge in [0.1, 0.15) is 17.1 Å². The number of carbonyl (C=O) groups excluding carboxylic acids is 1. The molecule has 0 aliphatic rings. The maximum Gasteiger partial charge on any atom is 0.344 e. The molecule has 0 spiro atoms. The molecule has 0 N–H and O–H groups in total. The molecule has 1 aromatic carbocycles. The molecule has 160 valence electrons. The lowest BCUT2D eigenvalue weighted by molar-refractivity contribution is -0.157. The average molecular weight is 393 g/mol. The second-order valence-corrected chi connectivity index (χ2v) is 8.54. The van der Waals surface area contributed by atoms with Crippen LogP contribution in [-0.4, -0.2) is 24.8 Å². The Morgan fingerprint density at radius 3 is 2.14 bits per heavy atom. The second-order valence-electron chi connectivity index (χ2n) is 8.54. The van der Waals surface area contributed by atoms with Crippen LogP contribution in [0.5, 0.6) is 11.5 Å². The first-order chi connectivity index (χ1) is 13.2. The van der Waals surface area contributed by atoms with Crippen LogP contribution in [0.25, 0.3) is 0 Å². The van der Waals surface area contributed by atoms with Crippen LogP contribution < -0.4 is 9.47 Å². The molecule has 4 nitrogen and oxygen atoms in total. The molecule has 0 saturated carbocycles. The van der Waals surface area contributed by atoms with Crippen LogP contribution in [0, 0.1) is 0 Å². The van der Waals surface area contributed by atoms with E-state index in [1.807, 2.05) is 32.9 Å². The lowest BCUT2D eigenvalue weighted by atomic mass is 9.98. The van der Waals surface area contributed by atoms with E-state index in [4.69, 9.17) is 14.2 Å². The summed E-state index contributed by atoms with van der Waals surface area (Å²) in [5, 5.41) is 0. The highest BCUT2D eigenvalue weighted by Gasteiger charge is 2.17. The standard InChI is InChI=1S/C24H40O4/c1-7-9-10-11-12-13-14-26-21-15-20(19(3)8-2)16-22(17-21)27-18-23(25)28-24(4,5)6/h15-17,19H,7-14,18H2,1-6H3. The molecule has 0 fully saturated rings. The van der Waals surface area contributed by atoms with Crippen molar-refractivity contribution in [2.24, 2.45) is 0 Å². The first-order valence-corrected chi connectivity index (χ1v) is 10.9. The van der Waals surface area contributed by atoms with Crippen molar-refractivity contribution < 1.29 is 19.0 Å². The normalized spacial score (nSPS) is 12.5. The van der Waals surface area contributed by atoms with Crippen molar-refractivity contribution in [3.8, 4) is 11.5 Å². The maximum absolute atomic E-state index is 11.9. The number of rotatable bonds is 13. The summed E-state index contributed by atoms with van der Waals surface area (Å²) in [4.78, 5) is 11.9. The third-order valence-corrected chi connectivity index (χ3v) is 4.63. The Hall–Kier alpha value is -1.71. The van der Waals surface area contributed by atoms with Crippen LogP contribution in [0.2, 0.25) is 0 Å². The minimum Gasteiger partial charge on any atom is -0.493 e. The van der Waals surface area contributed by atoms with E-state index >= 15 is 0 Å². The minimum atomic E-state index is -0.510. The van der Waals surface area contributed by atoms with Gasteiger partial charge in [0.05, 0.1) is 6.61 Å². The largest absolute Gasteiger partial charge is 0.493 e. The zero-order valence-electron chi connectivity index (χ0n) is 18.8. The van der Waals surface area contributed by atoms with E-state index in [0.717, 1.165) is 18.6 Å². The number of esters is 1. The Morgan fingerprint density at radius 1 is 0.929 bits per heavy atom. The lowest BCUT2D eigenvalue weighted by Crippen LogP contribution is -2.27. The first-order valence-electron chi connectivity index (χ1n) is 10.9. The van der Waals surface area contributed by atoms with Crippen molar-refractivity contribution in [3.63, 3.8) is 0 Å². The fourth-order valence-electron chi connectivity index (χ4n) is 2.87. The van der Waals surface area contributed by atoms with Crippen LogP contribution in [0.3, 0.4) is 0 Å². The van der Waals surface area contributed by atoms with Gasteiger partial charge in [0.25, 0.3) is 0 Å². The highest BCUT2D eigenvalue weighted by molar-refractivity contribution is 5.71. The zero-order chi connectivity index (χ0) is 21.0. The van der Waals surface area contributed by atoms with Crippen LogP contribution in [0.1, 0.15) is 98.0 Å². The van der Waals surface area contributed by atoms with E-state index in [0.29, 0.717) is 18.3 Å². The Morgan fingerprint density at radius 2 is 1.54 bits per heavy atom. The topological polar surface area (TPSA) is 44.8 Å². The lowest BCUT2D eigenvalue weighted by Gasteiger charge is -2.20. The molecule has 0 aliphatic heterocycles. The molecular weight excluding hydrogens is 352 g/mol. The fraction of sp³-hybridized carbons (Fsp3) is 0.708. The Bertz CT molecular complexity index is 574. The number of unbranched alkanes of at least 4 members (excludes halogenated alkanes) is 5. The average Bonchev–Trinajstić information content (AvgIpc) is 2.63. The minimum absolute atomic E-state index is 0.0991. The van der Waals surface area contributed by atoms with E-state index in [1.165, 1.54) is 37.7 Å².